The van der Waals surface area contributed by atoms with Gasteiger partial charge in [-0.15, -0.1) is 0 Å². The molecule has 16 heavy (non-hydrogen) atoms. The lowest BCUT2D eigenvalue weighted by Crippen LogP contribution is -2.37. The highest BCUT2D eigenvalue weighted by atomic mass is 32.1. The Hall–Kier alpha value is -0.470. The second kappa shape index (κ2) is 5.24. The molecule has 1 rings (SSSR count). The quantitative estimate of drug-likeness (QED) is 0.785. The lowest BCUT2D eigenvalue weighted by Gasteiger charge is -2.32. The van der Waals surface area contributed by atoms with E-state index >= 15 is 0 Å². The van der Waals surface area contributed by atoms with Crippen LogP contribution >= 0.6 is 12.6 Å². The van der Waals surface area contributed by atoms with Crippen LogP contribution in [0.3, 0.4) is 0 Å². The number of benzene rings is 1. The predicted molar refractivity (Wildman–Crippen MR) is 75.1 cm³/mol. The molecular weight excluding hydrogens is 214 g/mol. The Kier molecular flexibility index (Phi) is 4.45. The van der Waals surface area contributed by atoms with E-state index in [4.69, 9.17) is 0 Å². The van der Waals surface area contributed by atoms with Crippen LogP contribution in [-0.4, -0.2) is 17.5 Å². The highest BCUT2D eigenvalue weighted by molar-refractivity contribution is 7.79. The Morgan fingerprint density at radius 2 is 1.88 bits per heavy atom. The molecule has 90 valence electrons. The Morgan fingerprint density at radius 3 is 2.31 bits per heavy atom. The first-order valence-corrected chi connectivity index (χ1v) is 6.38. The Morgan fingerprint density at radius 1 is 1.25 bits per heavy atom. The summed E-state index contributed by atoms with van der Waals surface area (Å²) in [5, 5.41) is 0. The summed E-state index contributed by atoms with van der Waals surface area (Å²) in [5.74, 6) is 0.816. The van der Waals surface area contributed by atoms with Gasteiger partial charge >= 0.3 is 0 Å². The molecule has 0 N–H and O–H groups in total. The van der Waals surface area contributed by atoms with Crippen molar-refractivity contribution in [1.82, 2.24) is 4.90 Å². The maximum atomic E-state index is 4.30. The van der Waals surface area contributed by atoms with Gasteiger partial charge in [0.15, 0.2) is 0 Å². The monoisotopic (exact) mass is 237 g/mol. The third kappa shape index (κ3) is 3.53. The zero-order chi connectivity index (χ0) is 12.3. The molecule has 0 saturated heterocycles. The minimum Gasteiger partial charge on any atom is -0.297 e. The van der Waals surface area contributed by atoms with Crippen molar-refractivity contribution >= 4 is 12.6 Å². The van der Waals surface area contributed by atoms with Crippen molar-refractivity contribution in [2.45, 2.75) is 45.5 Å². The minimum atomic E-state index is 0.217. The maximum Gasteiger partial charge on any atom is 0.0238 e. The fourth-order valence-corrected chi connectivity index (χ4v) is 1.72. The van der Waals surface area contributed by atoms with Gasteiger partial charge in [-0.2, -0.15) is 12.6 Å². The van der Waals surface area contributed by atoms with Gasteiger partial charge in [-0.1, -0.05) is 18.2 Å². The Balaban J connectivity index is 2.82. The van der Waals surface area contributed by atoms with Crippen LogP contribution in [0.4, 0.5) is 0 Å². The predicted octanol–water partition coefficient (Wildman–Crippen LogP) is 3.66. The summed E-state index contributed by atoms with van der Waals surface area (Å²) in [7, 11) is 2.17. The first kappa shape index (κ1) is 13.6. The van der Waals surface area contributed by atoms with Crippen molar-refractivity contribution in [1.29, 1.82) is 0 Å². The Labute approximate surface area is 105 Å². The van der Waals surface area contributed by atoms with Crippen LogP contribution in [0.15, 0.2) is 18.2 Å². The van der Waals surface area contributed by atoms with Gasteiger partial charge in [0.1, 0.15) is 0 Å². The van der Waals surface area contributed by atoms with E-state index < -0.39 is 0 Å². The molecule has 0 heterocycles. The first-order chi connectivity index (χ1) is 7.34. The largest absolute Gasteiger partial charge is 0.297 e. The van der Waals surface area contributed by atoms with E-state index in [9.17, 15) is 0 Å². The molecule has 0 bridgehead atoms. The van der Waals surface area contributed by atoms with Gasteiger partial charge in [0.25, 0.3) is 0 Å². The topological polar surface area (TPSA) is 3.24 Å². The van der Waals surface area contributed by atoms with Crippen LogP contribution in [0, 0.1) is 6.92 Å². The second-order valence-electron chi connectivity index (χ2n) is 5.45. The van der Waals surface area contributed by atoms with Crippen molar-refractivity contribution in [2.24, 2.45) is 0 Å². The zero-order valence-corrected chi connectivity index (χ0v) is 11.9. The Bertz CT molecular complexity index is 352. The van der Waals surface area contributed by atoms with Gasteiger partial charge in [0.2, 0.25) is 0 Å². The number of thiol groups is 1. The average molecular weight is 237 g/mol. The van der Waals surface area contributed by atoms with E-state index in [-0.39, 0.29) is 5.54 Å². The van der Waals surface area contributed by atoms with Crippen LogP contribution < -0.4 is 0 Å². The lowest BCUT2D eigenvalue weighted by molar-refractivity contribution is 0.167. The van der Waals surface area contributed by atoms with Crippen molar-refractivity contribution in [3.63, 3.8) is 0 Å². The summed E-state index contributed by atoms with van der Waals surface area (Å²) < 4.78 is 0. The first-order valence-electron chi connectivity index (χ1n) is 5.75. The van der Waals surface area contributed by atoms with E-state index in [1.807, 2.05) is 0 Å². The summed E-state index contributed by atoms with van der Waals surface area (Å²) in [6.07, 6.45) is 0. The van der Waals surface area contributed by atoms with Gasteiger partial charge < -0.3 is 0 Å². The highest BCUT2D eigenvalue weighted by Gasteiger charge is 2.17. The molecule has 0 aliphatic rings. The molecule has 0 amide bonds. The molecule has 0 aliphatic carbocycles. The van der Waals surface area contributed by atoms with Gasteiger partial charge in [-0.05, 0) is 51.4 Å². The summed E-state index contributed by atoms with van der Waals surface area (Å²) in [5.41, 5.74) is 4.28. The van der Waals surface area contributed by atoms with E-state index in [2.05, 4.69) is 70.5 Å². The summed E-state index contributed by atoms with van der Waals surface area (Å²) >= 11 is 4.30. The molecule has 1 aromatic carbocycles. The number of hydrogen-bond donors (Lipinski definition) is 1. The fraction of sp³-hybridized carbons (Fsp3) is 0.571. The van der Waals surface area contributed by atoms with Gasteiger partial charge in [-0.25, -0.2) is 0 Å². The van der Waals surface area contributed by atoms with Crippen LogP contribution in [0.25, 0.3) is 0 Å². The smallest absolute Gasteiger partial charge is 0.0238 e. The van der Waals surface area contributed by atoms with Gasteiger partial charge in [0.05, 0.1) is 0 Å². The summed E-state index contributed by atoms with van der Waals surface area (Å²) in [6, 6.07) is 6.63. The van der Waals surface area contributed by atoms with Crippen LogP contribution in [0.5, 0.6) is 0 Å². The van der Waals surface area contributed by atoms with Crippen molar-refractivity contribution in [2.75, 3.05) is 7.05 Å². The standard InChI is InChI=1S/C14H23NS/c1-11-8-12(10-16)6-7-13(11)9-15(5)14(2,3)4/h6-8,16H,9-10H2,1-5H3. The molecule has 0 radical (unpaired) electrons. The number of rotatable bonds is 3. The van der Waals surface area contributed by atoms with E-state index in [0.29, 0.717) is 0 Å². The molecule has 0 spiro atoms. The number of aryl methyl sites for hydroxylation is 1. The minimum absolute atomic E-state index is 0.217. The van der Waals surface area contributed by atoms with Crippen molar-refractivity contribution in [3.05, 3.63) is 34.9 Å². The van der Waals surface area contributed by atoms with Crippen LogP contribution in [0.2, 0.25) is 0 Å². The highest BCUT2D eigenvalue weighted by Crippen LogP contribution is 2.18. The molecule has 1 aromatic rings. The van der Waals surface area contributed by atoms with Crippen LogP contribution in [0.1, 0.15) is 37.5 Å². The molecule has 0 fully saturated rings. The SMILES string of the molecule is Cc1cc(CS)ccc1CN(C)C(C)(C)C. The number of nitrogens with zero attached hydrogens (tertiary/aromatic N) is 1. The molecular formula is C14H23NS. The normalized spacial score (nSPS) is 12.2. The molecule has 0 unspecified atom stereocenters. The molecule has 0 atom stereocenters. The van der Waals surface area contributed by atoms with Gasteiger partial charge in [-0.3, -0.25) is 4.90 Å². The third-order valence-electron chi connectivity index (χ3n) is 3.14. The molecule has 1 nitrogen and oxygen atoms in total. The zero-order valence-electron chi connectivity index (χ0n) is 11.0. The van der Waals surface area contributed by atoms with E-state index in [1.54, 1.807) is 0 Å². The van der Waals surface area contributed by atoms with E-state index in [1.165, 1.54) is 16.7 Å². The summed E-state index contributed by atoms with van der Waals surface area (Å²) in [4.78, 5) is 2.37. The lowest BCUT2D eigenvalue weighted by atomic mass is 10.0. The average Bonchev–Trinajstić information content (AvgIpc) is 2.19. The second-order valence-corrected chi connectivity index (χ2v) is 5.76. The summed E-state index contributed by atoms with van der Waals surface area (Å²) in [6.45, 7) is 9.90. The fourth-order valence-electron chi connectivity index (χ4n) is 1.53. The molecule has 0 aromatic heterocycles. The van der Waals surface area contributed by atoms with E-state index in [0.717, 1.165) is 12.3 Å². The molecule has 0 saturated carbocycles. The van der Waals surface area contributed by atoms with Crippen LogP contribution in [-0.2, 0) is 12.3 Å². The van der Waals surface area contributed by atoms with Crippen molar-refractivity contribution in [3.8, 4) is 0 Å². The maximum absolute atomic E-state index is 4.30. The van der Waals surface area contributed by atoms with Gasteiger partial charge in [0, 0.05) is 17.8 Å². The van der Waals surface area contributed by atoms with Crippen molar-refractivity contribution < 1.29 is 0 Å². The molecule has 2 heteroatoms. The molecule has 0 aliphatic heterocycles. The third-order valence-corrected chi connectivity index (χ3v) is 3.51. The number of hydrogen-bond acceptors (Lipinski definition) is 2.